The van der Waals surface area contributed by atoms with Gasteiger partial charge in [0.1, 0.15) is 12.4 Å². The number of aromatic nitrogens is 2. The predicted octanol–water partition coefficient (Wildman–Crippen LogP) is 2.61. The highest BCUT2D eigenvalue weighted by Gasteiger charge is 2.35. The number of carbonyl (C=O) groups is 1. The first-order valence-corrected chi connectivity index (χ1v) is 10.3. The largest absolute Gasteiger partial charge is 0.458 e. The van der Waals surface area contributed by atoms with Crippen LogP contribution in [-0.4, -0.2) is 26.4 Å². The summed E-state index contributed by atoms with van der Waals surface area (Å²) in [5.74, 6) is -0.216. The lowest BCUT2D eigenvalue weighted by molar-refractivity contribution is -0.157. The summed E-state index contributed by atoms with van der Waals surface area (Å²) in [5, 5.41) is 11.2. The normalized spacial score (nSPS) is 19.0. The standard InChI is InChI=1S/C21H15FN2O4S/c1-8-13(22)5-14-16-9(2-3-29-19(8)16)11-6-24-15(17(11)23-14)4-10-12(20(24)26)7-28-21(27)18(10)25/h4-5,18,25H,2-3,6-7H2,1H3. The fourth-order valence-corrected chi connectivity index (χ4v) is 5.82. The maximum absolute atomic E-state index is 14.5. The van der Waals surface area contributed by atoms with Crippen molar-refractivity contribution in [3.63, 3.8) is 0 Å². The van der Waals surface area contributed by atoms with Crippen molar-refractivity contribution in [1.82, 2.24) is 9.55 Å². The topological polar surface area (TPSA) is 81.4 Å². The minimum atomic E-state index is -1.48. The molecular formula is C21H15FN2O4S. The summed E-state index contributed by atoms with van der Waals surface area (Å²) < 4.78 is 21.0. The van der Waals surface area contributed by atoms with Gasteiger partial charge in [-0.1, -0.05) is 0 Å². The molecule has 0 aliphatic carbocycles. The number of hydrogen-bond acceptors (Lipinski definition) is 6. The highest BCUT2D eigenvalue weighted by molar-refractivity contribution is 7.99. The highest BCUT2D eigenvalue weighted by atomic mass is 32.2. The van der Waals surface area contributed by atoms with Crippen LogP contribution in [0.4, 0.5) is 4.39 Å². The van der Waals surface area contributed by atoms with Gasteiger partial charge in [-0.25, -0.2) is 14.2 Å². The van der Waals surface area contributed by atoms with E-state index in [4.69, 9.17) is 9.72 Å². The minimum Gasteiger partial charge on any atom is -0.458 e. The first kappa shape index (κ1) is 17.2. The van der Waals surface area contributed by atoms with Crippen LogP contribution in [0.2, 0.25) is 0 Å². The molecule has 0 radical (unpaired) electrons. The number of ether oxygens (including phenoxy) is 1. The van der Waals surface area contributed by atoms with Crippen LogP contribution >= 0.6 is 11.8 Å². The Morgan fingerprint density at radius 1 is 1.28 bits per heavy atom. The Kier molecular flexibility index (Phi) is 3.36. The van der Waals surface area contributed by atoms with Gasteiger partial charge in [0, 0.05) is 33.2 Å². The minimum absolute atomic E-state index is 0.145. The zero-order chi connectivity index (χ0) is 20.0. The summed E-state index contributed by atoms with van der Waals surface area (Å²) in [4.78, 5) is 30.5. The van der Waals surface area contributed by atoms with E-state index in [1.165, 1.54) is 6.07 Å². The van der Waals surface area contributed by atoms with E-state index in [1.54, 1.807) is 29.3 Å². The van der Waals surface area contributed by atoms with Gasteiger partial charge in [-0.2, -0.15) is 0 Å². The molecule has 0 bridgehead atoms. The zero-order valence-corrected chi connectivity index (χ0v) is 16.2. The number of fused-ring (bicyclic) bond motifs is 5. The number of cyclic esters (lactones) is 1. The second kappa shape index (κ2) is 5.67. The SMILES string of the molecule is Cc1c(F)cc2nc3c(c4c2c1SCC4)Cn1c-3cc2c(c1=O)COC(=O)C2O. The van der Waals surface area contributed by atoms with Crippen LogP contribution < -0.4 is 5.56 Å². The molecule has 6 nitrogen and oxygen atoms in total. The summed E-state index contributed by atoms with van der Waals surface area (Å²) in [7, 11) is 0. The van der Waals surface area contributed by atoms with Crippen molar-refractivity contribution in [2.75, 3.05) is 5.75 Å². The molecule has 1 aromatic carbocycles. The fourth-order valence-electron chi connectivity index (χ4n) is 4.63. The van der Waals surface area contributed by atoms with E-state index in [1.807, 2.05) is 0 Å². The molecule has 2 aromatic heterocycles. The Labute approximate surface area is 168 Å². The lowest BCUT2D eigenvalue weighted by Gasteiger charge is -2.21. The molecule has 0 spiro atoms. The molecule has 146 valence electrons. The van der Waals surface area contributed by atoms with Crippen molar-refractivity contribution >= 4 is 28.6 Å². The number of nitrogens with zero attached hydrogens (tertiary/aromatic N) is 2. The van der Waals surface area contributed by atoms with Crippen molar-refractivity contribution < 1.29 is 19.0 Å². The summed E-state index contributed by atoms with van der Waals surface area (Å²) in [5.41, 5.74) is 4.73. The van der Waals surface area contributed by atoms with Gasteiger partial charge in [0.15, 0.2) is 6.10 Å². The molecule has 0 amide bonds. The summed E-state index contributed by atoms with van der Waals surface area (Å²) in [6.07, 6.45) is -0.667. The molecule has 0 saturated heterocycles. The number of esters is 1. The van der Waals surface area contributed by atoms with Crippen LogP contribution in [-0.2, 0) is 29.1 Å². The molecule has 0 fully saturated rings. The lowest BCUT2D eigenvalue weighted by Crippen LogP contribution is -2.32. The molecule has 3 aliphatic rings. The van der Waals surface area contributed by atoms with Crippen LogP contribution in [0.15, 0.2) is 21.8 Å². The van der Waals surface area contributed by atoms with Crippen molar-refractivity contribution in [2.45, 2.75) is 37.5 Å². The third-order valence-electron chi connectivity index (χ3n) is 6.10. The van der Waals surface area contributed by atoms with E-state index in [0.717, 1.165) is 33.6 Å². The molecule has 5 heterocycles. The number of halogens is 1. The summed E-state index contributed by atoms with van der Waals surface area (Å²) in [6.45, 7) is 2.01. The predicted molar refractivity (Wildman–Crippen MR) is 104 cm³/mol. The number of aryl methyl sites for hydroxylation is 1. The Morgan fingerprint density at radius 2 is 2.10 bits per heavy atom. The maximum Gasteiger partial charge on any atom is 0.340 e. The van der Waals surface area contributed by atoms with Gasteiger partial charge in [0.2, 0.25) is 0 Å². The van der Waals surface area contributed by atoms with Gasteiger partial charge < -0.3 is 14.4 Å². The molecule has 3 aliphatic heterocycles. The number of hydrogen-bond donors (Lipinski definition) is 1. The smallest absolute Gasteiger partial charge is 0.340 e. The monoisotopic (exact) mass is 410 g/mol. The number of aliphatic hydroxyl groups excluding tert-OH is 1. The van der Waals surface area contributed by atoms with Gasteiger partial charge in [-0.15, -0.1) is 11.8 Å². The highest BCUT2D eigenvalue weighted by Crippen LogP contribution is 2.44. The quantitative estimate of drug-likeness (QED) is 0.449. The van der Waals surface area contributed by atoms with Gasteiger partial charge >= 0.3 is 5.97 Å². The van der Waals surface area contributed by atoms with Gasteiger partial charge in [0.05, 0.1) is 29.0 Å². The van der Waals surface area contributed by atoms with E-state index in [9.17, 15) is 19.1 Å². The summed E-state index contributed by atoms with van der Waals surface area (Å²) >= 11 is 1.64. The molecular weight excluding hydrogens is 395 g/mol. The van der Waals surface area contributed by atoms with Crippen LogP contribution in [0, 0.1) is 12.7 Å². The molecule has 1 unspecified atom stereocenters. The van der Waals surface area contributed by atoms with E-state index in [2.05, 4.69) is 0 Å². The van der Waals surface area contributed by atoms with Crippen LogP contribution in [0.3, 0.4) is 0 Å². The van der Waals surface area contributed by atoms with Crippen molar-refractivity contribution in [2.24, 2.45) is 0 Å². The summed E-state index contributed by atoms with van der Waals surface area (Å²) in [6, 6.07) is 3.11. The fraction of sp³-hybridized carbons (Fsp3) is 0.286. The number of aliphatic hydroxyl groups is 1. The molecule has 29 heavy (non-hydrogen) atoms. The van der Waals surface area contributed by atoms with Crippen molar-refractivity contribution in [3.05, 3.63) is 56.1 Å². The average Bonchev–Trinajstić information content (AvgIpc) is 3.08. The van der Waals surface area contributed by atoms with Gasteiger partial charge in [-0.05, 0) is 30.5 Å². The third kappa shape index (κ3) is 2.13. The molecule has 3 aromatic rings. The average molecular weight is 410 g/mol. The number of benzene rings is 1. The van der Waals surface area contributed by atoms with Crippen LogP contribution in [0.1, 0.15) is 33.9 Å². The number of rotatable bonds is 0. The number of thioether (sulfide) groups is 1. The molecule has 1 N–H and O–H groups in total. The molecule has 0 saturated carbocycles. The van der Waals surface area contributed by atoms with Crippen molar-refractivity contribution in [3.8, 4) is 11.4 Å². The second-order valence-corrected chi connectivity index (χ2v) is 8.69. The Morgan fingerprint density at radius 3 is 2.93 bits per heavy atom. The van der Waals surface area contributed by atoms with E-state index in [-0.39, 0.29) is 23.5 Å². The first-order chi connectivity index (χ1) is 14.0. The Hall–Kier alpha value is -2.71. The maximum atomic E-state index is 14.5. The molecule has 1 atom stereocenters. The van der Waals surface area contributed by atoms with Crippen LogP contribution in [0.5, 0.6) is 0 Å². The molecule has 6 rings (SSSR count). The zero-order valence-electron chi connectivity index (χ0n) is 15.4. The van der Waals surface area contributed by atoms with Crippen molar-refractivity contribution in [1.29, 1.82) is 0 Å². The second-order valence-electron chi connectivity index (χ2n) is 7.59. The van der Waals surface area contributed by atoms with E-state index >= 15 is 0 Å². The Bertz CT molecular complexity index is 1350. The number of pyridine rings is 2. The van der Waals surface area contributed by atoms with Gasteiger partial charge in [0.25, 0.3) is 5.56 Å². The first-order valence-electron chi connectivity index (χ1n) is 9.34. The Balaban J connectivity index is 1.68. The van der Waals surface area contributed by atoms with Gasteiger partial charge in [-0.3, -0.25) is 4.79 Å². The molecule has 8 heteroatoms. The lowest BCUT2D eigenvalue weighted by atomic mass is 9.96. The van der Waals surface area contributed by atoms with Crippen LogP contribution in [0.25, 0.3) is 22.3 Å². The van der Waals surface area contributed by atoms with E-state index < -0.39 is 12.1 Å². The van der Waals surface area contributed by atoms with E-state index in [0.29, 0.717) is 34.6 Å². The number of carbonyl (C=O) groups excluding carboxylic acids is 1. The third-order valence-corrected chi connectivity index (χ3v) is 7.31.